The summed E-state index contributed by atoms with van der Waals surface area (Å²) in [6, 6.07) is 11.4. The van der Waals surface area contributed by atoms with Crippen LogP contribution < -0.4 is 15.8 Å². The number of para-hydroxylation sites is 1. The van der Waals surface area contributed by atoms with Crippen molar-refractivity contribution in [3.63, 3.8) is 0 Å². The third kappa shape index (κ3) is 3.12. The van der Waals surface area contributed by atoms with Gasteiger partial charge in [0.1, 0.15) is 5.75 Å². The monoisotopic (exact) mass is 276 g/mol. The number of nitrogens with two attached hydrogens (primary N) is 1. The van der Waals surface area contributed by atoms with Gasteiger partial charge in [0.15, 0.2) is 0 Å². The predicted octanol–water partition coefficient (Wildman–Crippen LogP) is 4.37. The molecule has 0 aliphatic rings. The van der Waals surface area contributed by atoms with E-state index in [1.54, 1.807) is 0 Å². The molecule has 0 spiro atoms. The molecule has 0 saturated carbocycles. The summed E-state index contributed by atoms with van der Waals surface area (Å²) in [5.74, 6) is 0.678. The minimum Gasteiger partial charge on any atom is -0.492 e. The Hall–Kier alpha value is -1.87. The topological polar surface area (TPSA) is 47.3 Å². The molecule has 2 aromatic rings. The van der Waals surface area contributed by atoms with Gasteiger partial charge in [0.05, 0.1) is 23.0 Å². The van der Waals surface area contributed by atoms with Crippen molar-refractivity contribution >= 4 is 28.7 Å². The number of nitrogens with one attached hydrogen (secondary N) is 1. The molecule has 100 valence electrons. The number of halogens is 1. The van der Waals surface area contributed by atoms with Crippen LogP contribution in [0.15, 0.2) is 36.4 Å². The first-order chi connectivity index (χ1) is 9.11. The molecule has 4 heteroatoms. The molecular weight excluding hydrogens is 260 g/mol. The van der Waals surface area contributed by atoms with Crippen LogP contribution in [0.1, 0.15) is 12.5 Å². The molecule has 2 rings (SSSR count). The van der Waals surface area contributed by atoms with Crippen LogP contribution in [0.25, 0.3) is 0 Å². The second-order valence-corrected chi connectivity index (χ2v) is 4.65. The van der Waals surface area contributed by atoms with Gasteiger partial charge in [0.2, 0.25) is 0 Å². The molecule has 0 aliphatic heterocycles. The molecule has 0 atom stereocenters. The van der Waals surface area contributed by atoms with Crippen molar-refractivity contribution in [2.45, 2.75) is 13.8 Å². The number of nitrogen functional groups attached to an aromatic ring is 1. The molecule has 0 bridgehead atoms. The fourth-order valence-electron chi connectivity index (χ4n) is 1.83. The Morgan fingerprint density at radius 2 is 2.05 bits per heavy atom. The highest BCUT2D eigenvalue weighted by Crippen LogP contribution is 2.32. The van der Waals surface area contributed by atoms with E-state index in [1.807, 2.05) is 50.2 Å². The average Bonchev–Trinajstić information content (AvgIpc) is 2.38. The van der Waals surface area contributed by atoms with E-state index in [9.17, 15) is 0 Å². The van der Waals surface area contributed by atoms with E-state index in [0.29, 0.717) is 23.1 Å². The number of rotatable bonds is 4. The predicted molar refractivity (Wildman–Crippen MR) is 81.5 cm³/mol. The Labute approximate surface area is 118 Å². The van der Waals surface area contributed by atoms with Crippen LogP contribution in [0.3, 0.4) is 0 Å². The number of anilines is 3. The van der Waals surface area contributed by atoms with Gasteiger partial charge < -0.3 is 15.8 Å². The molecule has 0 unspecified atom stereocenters. The Morgan fingerprint density at radius 1 is 1.26 bits per heavy atom. The summed E-state index contributed by atoms with van der Waals surface area (Å²) in [4.78, 5) is 0. The maximum atomic E-state index is 6.19. The van der Waals surface area contributed by atoms with Gasteiger partial charge in [-0.2, -0.15) is 0 Å². The molecular formula is C15H17ClN2O. The Kier molecular flexibility index (Phi) is 4.17. The van der Waals surface area contributed by atoms with E-state index in [0.717, 1.165) is 16.9 Å². The summed E-state index contributed by atoms with van der Waals surface area (Å²) in [6.07, 6.45) is 0. The second kappa shape index (κ2) is 5.85. The summed E-state index contributed by atoms with van der Waals surface area (Å²) < 4.78 is 5.48. The fraction of sp³-hybridized carbons (Fsp3) is 0.200. The van der Waals surface area contributed by atoms with Crippen molar-refractivity contribution in [3.8, 4) is 5.75 Å². The summed E-state index contributed by atoms with van der Waals surface area (Å²) in [6.45, 7) is 4.52. The van der Waals surface area contributed by atoms with E-state index >= 15 is 0 Å². The standard InChI is InChI=1S/C15H17ClN2O/c1-3-19-14-9-11(7-8-13(14)17)18-15-10(2)5-4-6-12(15)16/h4-9,18H,3,17H2,1-2H3. The van der Waals surface area contributed by atoms with E-state index in [4.69, 9.17) is 22.1 Å². The number of benzene rings is 2. The number of hydrogen-bond acceptors (Lipinski definition) is 3. The smallest absolute Gasteiger partial charge is 0.144 e. The Balaban J connectivity index is 2.31. The molecule has 3 nitrogen and oxygen atoms in total. The largest absolute Gasteiger partial charge is 0.492 e. The molecule has 0 aliphatic carbocycles. The van der Waals surface area contributed by atoms with Crippen LogP contribution in [0.2, 0.25) is 5.02 Å². The van der Waals surface area contributed by atoms with E-state index in [1.165, 1.54) is 0 Å². The first-order valence-electron chi connectivity index (χ1n) is 6.16. The third-order valence-electron chi connectivity index (χ3n) is 2.80. The Bertz CT molecular complexity index is 564. The zero-order valence-corrected chi connectivity index (χ0v) is 11.8. The first-order valence-corrected chi connectivity index (χ1v) is 6.54. The summed E-state index contributed by atoms with van der Waals surface area (Å²) in [5, 5.41) is 3.99. The molecule has 0 fully saturated rings. The zero-order valence-electron chi connectivity index (χ0n) is 11.0. The van der Waals surface area contributed by atoms with Gasteiger partial charge in [-0.1, -0.05) is 23.7 Å². The van der Waals surface area contributed by atoms with Gasteiger partial charge in [0, 0.05) is 11.8 Å². The van der Waals surface area contributed by atoms with Gasteiger partial charge in [-0.25, -0.2) is 0 Å². The van der Waals surface area contributed by atoms with Crippen LogP contribution in [0.4, 0.5) is 17.1 Å². The lowest BCUT2D eigenvalue weighted by Gasteiger charge is -2.13. The van der Waals surface area contributed by atoms with Gasteiger partial charge >= 0.3 is 0 Å². The fourth-order valence-corrected chi connectivity index (χ4v) is 2.10. The summed E-state index contributed by atoms with van der Waals surface area (Å²) in [5.41, 5.74) is 9.36. The van der Waals surface area contributed by atoms with Crippen molar-refractivity contribution in [2.24, 2.45) is 0 Å². The molecule has 0 aromatic heterocycles. The van der Waals surface area contributed by atoms with Crippen LogP contribution in [-0.2, 0) is 0 Å². The quantitative estimate of drug-likeness (QED) is 0.815. The average molecular weight is 277 g/mol. The van der Waals surface area contributed by atoms with Gasteiger partial charge in [-0.05, 0) is 37.6 Å². The highest BCUT2D eigenvalue weighted by atomic mass is 35.5. The Morgan fingerprint density at radius 3 is 2.74 bits per heavy atom. The normalized spacial score (nSPS) is 10.3. The lowest BCUT2D eigenvalue weighted by Crippen LogP contribution is -1.99. The molecule has 0 heterocycles. The van der Waals surface area contributed by atoms with Crippen molar-refractivity contribution in [3.05, 3.63) is 47.0 Å². The van der Waals surface area contributed by atoms with E-state index < -0.39 is 0 Å². The van der Waals surface area contributed by atoms with Gasteiger partial charge in [-0.15, -0.1) is 0 Å². The lowest BCUT2D eigenvalue weighted by molar-refractivity contribution is 0.342. The second-order valence-electron chi connectivity index (χ2n) is 4.24. The first kappa shape index (κ1) is 13.6. The summed E-state index contributed by atoms with van der Waals surface area (Å²) >= 11 is 6.19. The molecule has 0 saturated heterocycles. The van der Waals surface area contributed by atoms with Crippen molar-refractivity contribution in [2.75, 3.05) is 17.7 Å². The van der Waals surface area contributed by atoms with E-state index in [-0.39, 0.29) is 0 Å². The molecule has 2 aromatic carbocycles. The minimum absolute atomic E-state index is 0.582. The van der Waals surface area contributed by atoms with Crippen LogP contribution >= 0.6 is 11.6 Å². The maximum absolute atomic E-state index is 6.19. The molecule has 3 N–H and O–H groups in total. The summed E-state index contributed by atoms with van der Waals surface area (Å²) in [7, 11) is 0. The molecule has 0 amide bonds. The van der Waals surface area contributed by atoms with Crippen LogP contribution in [-0.4, -0.2) is 6.61 Å². The van der Waals surface area contributed by atoms with Crippen molar-refractivity contribution < 1.29 is 4.74 Å². The number of hydrogen-bond donors (Lipinski definition) is 2. The van der Waals surface area contributed by atoms with Crippen molar-refractivity contribution in [1.29, 1.82) is 0 Å². The SMILES string of the molecule is CCOc1cc(Nc2c(C)cccc2Cl)ccc1N. The van der Waals surface area contributed by atoms with Crippen LogP contribution in [0, 0.1) is 6.92 Å². The van der Waals surface area contributed by atoms with E-state index in [2.05, 4.69) is 5.32 Å². The highest BCUT2D eigenvalue weighted by Gasteiger charge is 2.06. The molecule has 19 heavy (non-hydrogen) atoms. The van der Waals surface area contributed by atoms with Gasteiger partial charge in [-0.3, -0.25) is 0 Å². The minimum atomic E-state index is 0.582. The number of ether oxygens (including phenoxy) is 1. The van der Waals surface area contributed by atoms with Crippen molar-refractivity contribution in [1.82, 2.24) is 0 Å². The molecule has 0 radical (unpaired) electrons. The lowest BCUT2D eigenvalue weighted by atomic mass is 10.2. The highest BCUT2D eigenvalue weighted by molar-refractivity contribution is 6.33. The maximum Gasteiger partial charge on any atom is 0.144 e. The zero-order chi connectivity index (χ0) is 13.8. The van der Waals surface area contributed by atoms with Gasteiger partial charge in [0.25, 0.3) is 0 Å². The van der Waals surface area contributed by atoms with Crippen LogP contribution in [0.5, 0.6) is 5.75 Å². The third-order valence-corrected chi connectivity index (χ3v) is 3.12. The number of aryl methyl sites for hydroxylation is 1.